The average Bonchev–Trinajstić information content (AvgIpc) is 3.01. The molecule has 0 saturated carbocycles. The van der Waals surface area contributed by atoms with Gasteiger partial charge in [0.1, 0.15) is 11.6 Å². The second-order valence-electron chi connectivity index (χ2n) is 3.88. The number of nitrogens with zero attached hydrogens (tertiary/aromatic N) is 5. The number of thiazole rings is 1. The molecule has 0 atom stereocenters. The van der Waals surface area contributed by atoms with Crippen LogP contribution in [0.25, 0.3) is 10.2 Å². The minimum absolute atomic E-state index is 0.241. The largest absolute Gasteiger partial charge is 0.480 e. The van der Waals surface area contributed by atoms with Crippen molar-refractivity contribution >= 4 is 39.3 Å². The monoisotopic (exact) mass is 307 g/mol. The molecule has 102 valence electrons. The Morgan fingerprint density at radius 3 is 3.05 bits per heavy atom. The molecule has 0 bridgehead atoms. The van der Waals surface area contributed by atoms with Gasteiger partial charge in [-0.1, -0.05) is 23.9 Å². The summed E-state index contributed by atoms with van der Waals surface area (Å²) in [7, 11) is 0. The summed E-state index contributed by atoms with van der Waals surface area (Å²) >= 11 is 2.99. The van der Waals surface area contributed by atoms with Crippen molar-refractivity contribution in [2.75, 3.05) is 0 Å². The van der Waals surface area contributed by atoms with Crippen LogP contribution >= 0.6 is 23.1 Å². The quantitative estimate of drug-likeness (QED) is 0.716. The fourth-order valence-electron chi connectivity index (χ4n) is 1.64. The lowest BCUT2D eigenvalue weighted by atomic mass is 10.3. The molecule has 1 N–H and O–H groups in total. The highest BCUT2D eigenvalue weighted by Crippen LogP contribution is 2.27. The van der Waals surface area contributed by atoms with Gasteiger partial charge in [-0.2, -0.15) is 0 Å². The third-order valence-electron chi connectivity index (χ3n) is 2.45. The maximum absolute atomic E-state index is 10.7. The number of benzene rings is 1. The number of aliphatic carboxylic acids is 1. The molecule has 9 heteroatoms. The summed E-state index contributed by atoms with van der Waals surface area (Å²) in [4.78, 5) is 15.2. The van der Waals surface area contributed by atoms with E-state index in [9.17, 15) is 4.79 Å². The van der Waals surface area contributed by atoms with Crippen molar-refractivity contribution in [3.8, 4) is 0 Å². The Morgan fingerprint density at radius 1 is 1.40 bits per heavy atom. The molecule has 1 aromatic carbocycles. The predicted molar refractivity (Wildman–Crippen MR) is 74.6 cm³/mol. The first-order valence-corrected chi connectivity index (χ1v) is 7.48. The van der Waals surface area contributed by atoms with E-state index >= 15 is 0 Å². The summed E-state index contributed by atoms with van der Waals surface area (Å²) in [5, 5.41) is 21.1. The van der Waals surface area contributed by atoms with Crippen molar-refractivity contribution in [1.82, 2.24) is 25.2 Å². The number of tetrazole rings is 1. The Hall–Kier alpha value is -2.00. The molecule has 2 heterocycles. The van der Waals surface area contributed by atoms with Crippen LogP contribution in [0, 0.1) is 0 Å². The Bertz CT molecular complexity index is 721. The van der Waals surface area contributed by atoms with E-state index in [0.717, 1.165) is 15.2 Å². The number of hydrogen-bond acceptors (Lipinski definition) is 7. The zero-order valence-corrected chi connectivity index (χ0v) is 11.8. The van der Waals surface area contributed by atoms with Crippen LogP contribution in [0.4, 0.5) is 0 Å². The summed E-state index contributed by atoms with van der Waals surface area (Å²) in [6, 6.07) is 7.92. The maximum atomic E-state index is 10.7. The van der Waals surface area contributed by atoms with Crippen molar-refractivity contribution in [1.29, 1.82) is 0 Å². The van der Waals surface area contributed by atoms with Crippen molar-refractivity contribution in [3.63, 3.8) is 0 Å². The van der Waals surface area contributed by atoms with Crippen LogP contribution in [0.1, 0.15) is 5.01 Å². The SMILES string of the molecule is O=C(O)Cn1nnnc1SCc1nc2ccccc2s1. The molecule has 7 nitrogen and oxygen atoms in total. The molecular formula is C11H9N5O2S2. The van der Waals surface area contributed by atoms with Crippen molar-refractivity contribution in [2.24, 2.45) is 0 Å². The van der Waals surface area contributed by atoms with Gasteiger partial charge in [-0.05, 0) is 22.6 Å². The third-order valence-corrected chi connectivity index (χ3v) is 4.63. The number of thioether (sulfide) groups is 1. The Balaban J connectivity index is 1.73. The van der Waals surface area contributed by atoms with Crippen LogP contribution in [0.2, 0.25) is 0 Å². The topological polar surface area (TPSA) is 93.8 Å². The van der Waals surface area contributed by atoms with Gasteiger partial charge in [0.2, 0.25) is 5.16 Å². The first-order valence-electron chi connectivity index (χ1n) is 5.67. The molecule has 0 aliphatic heterocycles. The summed E-state index contributed by atoms with van der Waals surface area (Å²) < 4.78 is 2.40. The number of carbonyl (C=O) groups is 1. The predicted octanol–water partition coefficient (Wildman–Crippen LogP) is 1.66. The standard InChI is InChI=1S/C11H9N5O2S2/c17-10(18)5-16-11(13-14-15-16)19-6-9-12-7-3-1-2-4-8(7)20-9/h1-4H,5-6H2,(H,17,18). The van der Waals surface area contributed by atoms with Crippen LogP contribution in [0.5, 0.6) is 0 Å². The number of fused-ring (bicyclic) bond motifs is 1. The lowest BCUT2D eigenvalue weighted by Gasteiger charge is -1.99. The van der Waals surface area contributed by atoms with E-state index in [4.69, 9.17) is 5.11 Å². The maximum Gasteiger partial charge on any atom is 0.325 e. The number of carboxylic acids is 1. The molecule has 0 amide bonds. The van der Waals surface area contributed by atoms with E-state index in [0.29, 0.717) is 10.9 Å². The second-order valence-corrected chi connectivity index (χ2v) is 5.93. The number of aromatic nitrogens is 5. The second kappa shape index (κ2) is 5.55. The van der Waals surface area contributed by atoms with E-state index in [1.807, 2.05) is 24.3 Å². The number of para-hydroxylation sites is 1. The van der Waals surface area contributed by atoms with Gasteiger partial charge < -0.3 is 5.11 Å². The van der Waals surface area contributed by atoms with Gasteiger partial charge in [0, 0.05) is 0 Å². The number of carboxylic acid groups (broad SMARTS) is 1. The van der Waals surface area contributed by atoms with Crippen LogP contribution in [0.3, 0.4) is 0 Å². The zero-order valence-electron chi connectivity index (χ0n) is 10.1. The summed E-state index contributed by atoms with van der Waals surface area (Å²) in [6.07, 6.45) is 0. The molecule has 0 aliphatic carbocycles. The lowest BCUT2D eigenvalue weighted by Crippen LogP contribution is -2.11. The number of hydrogen-bond donors (Lipinski definition) is 1. The molecule has 0 spiro atoms. The molecule has 3 rings (SSSR count). The molecule has 0 saturated heterocycles. The Labute approximate surface area is 121 Å². The Kier molecular flexibility index (Phi) is 3.61. The lowest BCUT2D eigenvalue weighted by molar-refractivity contribution is -0.138. The molecule has 20 heavy (non-hydrogen) atoms. The van der Waals surface area contributed by atoms with E-state index < -0.39 is 5.97 Å². The first kappa shape index (κ1) is 13.0. The highest BCUT2D eigenvalue weighted by molar-refractivity contribution is 7.98. The summed E-state index contributed by atoms with van der Waals surface area (Å²) in [5.41, 5.74) is 0.971. The van der Waals surface area contributed by atoms with Gasteiger partial charge in [0.25, 0.3) is 0 Å². The van der Waals surface area contributed by atoms with E-state index in [-0.39, 0.29) is 6.54 Å². The minimum Gasteiger partial charge on any atom is -0.480 e. The van der Waals surface area contributed by atoms with E-state index in [1.54, 1.807) is 11.3 Å². The average molecular weight is 307 g/mol. The van der Waals surface area contributed by atoms with Crippen LogP contribution in [-0.4, -0.2) is 36.3 Å². The van der Waals surface area contributed by atoms with Gasteiger partial charge in [0.15, 0.2) is 0 Å². The molecule has 0 unspecified atom stereocenters. The van der Waals surface area contributed by atoms with Crippen LogP contribution in [0.15, 0.2) is 29.4 Å². The molecule has 0 aliphatic rings. The smallest absolute Gasteiger partial charge is 0.325 e. The normalized spacial score (nSPS) is 11.0. The molecule has 2 aromatic heterocycles. The zero-order chi connectivity index (χ0) is 13.9. The summed E-state index contributed by atoms with van der Waals surface area (Å²) in [6.45, 7) is -0.241. The molecular weight excluding hydrogens is 298 g/mol. The van der Waals surface area contributed by atoms with Gasteiger partial charge in [-0.3, -0.25) is 4.79 Å². The molecule has 0 radical (unpaired) electrons. The van der Waals surface area contributed by atoms with E-state index in [2.05, 4.69) is 20.5 Å². The molecule has 3 aromatic rings. The third kappa shape index (κ3) is 2.78. The minimum atomic E-state index is -0.973. The van der Waals surface area contributed by atoms with Crippen molar-refractivity contribution < 1.29 is 9.90 Å². The van der Waals surface area contributed by atoms with Gasteiger partial charge in [-0.25, -0.2) is 9.67 Å². The molecule has 0 fully saturated rings. The highest BCUT2D eigenvalue weighted by Gasteiger charge is 2.11. The van der Waals surface area contributed by atoms with Crippen molar-refractivity contribution in [3.05, 3.63) is 29.3 Å². The van der Waals surface area contributed by atoms with Gasteiger partial charge >= 0.3 is 5.97 Å². The van der Waals surface area contributed by atoms with Crippen LogP contribution < -0.4 is 0 Å². The van der Waals surface area contributed by atoms with E-state index in [1.165, 1.54) is 16.4 Å². The Morgan fingerprint density at radius 2 is 2.25 bits per heavy atom. The van der Waals surface area contributed by atoms with Crippen molar-refractivity contribution in [2.45, 2.75) is 17.5 Å². The first-order chi connectivity index (χ1) is 9.72. The fourth-order valence-corrected chi connectivity index (χ4v) is 3.47. The van der Waals surface area contributed by atoms with Gasteiger partial charge in [0.05, 0.1) is 16.0 Å². The van der Waals surface area contributed by atoms with Gasteiger partial charge in [-0.15, -0.1) is 16.4 Å². The summed E-state index contributed by atoms with van der Waals surface area (Å²) in [5.74, 6) is -0.363. The van der Waals surface area contributed by atoms with Crippen LogP contribution in [-0.2, 0) is 17.1 Å². The fraction of sp³-hybridized carbons (Fsp3) is 0.182. The number of rotatable bonds is 5. The highest BCUT2D eigenvalue weighted by atomic mass is 32.2.